The molecule has 0 bridgehead atoms. The molecule has 2 amide bonds. The second-order valence-electron chi connectivity index (χ2n) is 6.85. The van der Waals surface area contributed by atoms with Crippen LogP contribution in [0, 0.1) is 21.4 Å². The van der Waals surface area contributed by atoms with Gasteiger partial charge in [0.25, 0.3) is 16.8 Å². The van der Waals surface area contributed by atoms with E-state index in [1.54, 1.807) is 36.4 Å². The Morgan fingerprint density at radius 1 is 1.12 bits per heavy atom. The second kappa shape index (κ2) is 8.94. The lowest BCUT2D eigenvalue weighted by atomic mass is 10.1. The van der Waals surface area contributed by atoms with E-state index in [1.807, 2.05) is 0 Å². The molecule has 3 aromatic rings. The smallest absolute Gasteiger partial charge is 0.293 e. The fourth-order valence-corrected chi connectivity index (χ4v) is 3.96. The minimum atomic E-state index is -0.643. The lowest BCUT2D eigenvalue weighted by Gasteiger charge is -2.11. The van der Waals surface area contributed by atoms with E-state index in [1.165, 1.54) is 30.3 Å². The summed E-state index contributed by atoms with van der Waals surface area (Å²) in [7, 11) is 0. The quantitative estimate of drug-likeness (QED) is 0.225. The Labute approximate surface area is 191 Å². The van der Waals surface area contributed by atoms with Gasteiger partial charge in [-0.1, -0.05) is 12.1 Å². The topological polar surface area (TPSA) is 135 Å². The predicted molar refractivity (Wildman–Crippen MR) is 119 cm³/mol. The molecule has 1 aliphatic heterocycles. The molecular formula is C23H13N3O6S. The molecule has 10 heteroatoms. The highest BCUT2D eigenvalue weighted by Crippen LogP contribution is 2.34. The van der Waals surface area contributed by atoms with E-state index in [-0.39, 0.29) is 16.2 Å². The van der Waals surface area contributed by atoms with Crippen LogP contribution in [0.1, 0.15) is 21.7 Å². The second-order valence-corrected chi connectivity index (χ2v) is 7.85. The Balaban J connectivity index is 1.50. The molecular weight excluding hydrogens is 446 g/mol. The summed E-state index contributed by atoms with van der Waals surface area (Å²) in [4.78, 5) is 48.5. The number of carbonyl (C=O) groups is 3. The van der Waals surface area contributed by atoms with Gasteiger partial charge in [-0.05, 0) is 48.2 Å². The number of furan rings is 1. The van der Waals surface area contributed by atoms with Crippen LogP contribution in [0.4, 0.5) is 10.5 Å². The van der Waals surface area contributed by atoms with Crippen LogP contribution in [0.3, 0.4) is 0 Å². The van der Waals surface area contributed by atoms with Crippen LogP contribution in [0.2, 0.25) is 0 Å². The van der Waals surface area contributed by atoms with Crippen molar-refractivity contribution >= 4 is 40.5 Å². The summed E-state index contributed by atoms with van der Waals surface area (Å²) in [6, 6.07) is 17.2. The number of hydrogen-bond donors (Lipinski definition) is 0. The number of rotatable bonds is 6. The van der Waals surface area contributed by atoms with E-state index < -0.39 is 28.4 Å². The molecule has 0 radical (unpaired) electrons. The molecule has 1 aromatic heterocycles. The van der Waals surface area contributed by atoms with Gasteiger partial charge in [-0.3, -0.25) is 29.4 Å². The molecule has 9 nitrogen and oxygen atoms in total. The van der Waals surface area contributed by atoms with Crippen molar-refractivity contribution in [1.29, 1.82) is 5.26 Å². The van der Waals surface area contributed by atoms with Gasteiger partial charge in [0.05, 0.1) is 28.0 Å². The fourth-order valence-electron chi connectivity index (χ4n) is 3.14. The van der Waals surface area contributed by atoms with Crippen molar-refractivity contribution in [2.75, 3.05) is 6.54 Å². The van der Waals surface area contributed by atoms with Crippen molar-refractivity contribution < 1.29 is 23.7 Å². The molecule has 0 N–H and O–H groups in total. The molecule has 1 aliphatic rings. The zero-order valence-electron chi connectivity index (χ0n) is 16.8. The van der Waals surface area contributed by atoms with Gasteiger partial charge in [-0.15, -0.1) is 0 Å². The molecule has 4 rings (SSSR count). The Hall–Kier alpha value is -4.49. The maximum Gasteiger partial charge on any atom is 0.293 e. The monoisotopic (exact) mass is 459 g/mol. The van der Waals surface area contributed by atoms with Crippen molar-refractivity contribution in [2.45, 2.75) is 0 Å². The predicted octanol–water partition coefficient (Wildman–Crippen LogP) is 4.65. The first-order chi connectivity index (χ1) is 15.9. The number of nitro groups is 1. The Kier molecular flexibility index (Phi) is 5.89. The van der Waals surface area contributed by atoms with E-state index in [0.717, 1.165) is 4.90 Å². The van der Waals surface area contributed by atoms with Gasteiger partial charge >= 0.3 is 0 Å². The first-order valence-corrected chi connectivity index (χ1v) is 10.3. The first-order valence-electron chi connectivity index (χ1n) is 9.49. The number of non-ortho nitro benzene ring substituents is 1. The number of amides is 2. The molecule has 1 fully saturated rings. The molecule has 2 heterocycles. The van der Waals surface area contributed by atoms with E-state index >= 15 is 0 Å². The highest BCUT2D eigenvalue weighted by Gasteiger charge is 2.36. The molecule has 162 valence electrons. The lowest BCUT2D eigenvalue weighted by molar-refractivity contribution is -0.384. The van der Waals surface area contributed by atoms with Crippen LogP contribution < -0.4 is 0 Å². The standard InChI is InChI=1S/C23H13N3O6S/c24-12-15-3-1-2-4-18(15)20-10-9-17(32-20)11-21-22(28)25(23(29)33-21)13-19(27)14-5-7-16(8-6-14)26(30)31/h1-11H,13H2/b21-11+. The molecule has 0 saturated carbocycles. The average molecular weight is 459 g/mol. The Morgan fingerprint density at radius 2 is 1.85 bits per heavy atom. The third-order valence-corrected chi connectivity index (χ3v) is 5.70. The van der Waals surface area contributed by atoms with Crippen molar-refractivity contribution in [3.8, 4) is 17.4 Å². The third kappa shape index (κ3) is 4.44. The molecule has 2 aromatic carbocycles. The summed E-state index contributed by atoms with van der Waals surface area (Å²) >= 11 is 0.678. The van der Waals surface area contributed by atoms with E-state index in [0.29, 0.717) is 34.4 Å². The number of nitro benzene ring substituents is 1. The van der Waals surface area contributed by atoms with Crippen LogP contribution in [0.25, 0.3) is 17.4 Å². The Morgan fingerprint density at radius 3 is 2.55 bits per heavy atom. The van der Waals surface area contributed by atoms with Gasteiger partial charge in [-0.2, -0.15) is 5.26 Å². The van der Waals surface area contributed by atoms with E-state index in [4.69, 9.17) is 4.42 Å². The zero-order valence-corrected chi connectivity index (χ0v) is 17.6. The number of imide groups is 1. The normalized spacial score (nSPS) is 14.5. The first kappa shape index (κ1) is 21.7. The van der Waals surface area contributed by atoms with Crippen molar-refractivity contribution in [1.82, 2.24) is 4.90 Å². The van der Waals surface area contributed by atoms with Gasteiger partial charge < -0.3 is 4.42 Å². The van der Waals surface area contributed by atoms with Crippen LogP contribution in [0.5, 0.6) is 0 Å². The van der Waals surface area contributed by atoms with Crippen molar-refractivity contribution in [3.63, 3.8) is 0 Å². The lowest BCUT2D eigenvalue weighted by Crippen LogP contribution is -2.33. The largest absolute Gasteiger partial charge is 0.457 e. The summed E-state index contributed by atoms with van der Waals surface area (Å²) in [6.45, 7) is -0.487. The molecule has 0 atom stereocenters. The molecule has 33 heavy (non-hydrogen) atoms. The number of hydrogen-bond acceptors (Lipinski definition) is 8. The number of benzene rings is 2. The maximum atomic E-state index is 12.7. The number of ketones is 1. The fraction of sp³-hybridized carbons (Fsp3) is 0.0435. The minimum absolute atomic E-state index is 0.0889. The van der Waals surface area contributed by atoms with Crippen LogP contribution in [-0.4, -0.2) is 33.3 Å². The highest BCUT2D eigenvalue weighted by atomic mass is 32.2. The third-order valence-electron chi connectivity index (χ3n) is 4.79. The number of Topliss-reactive ketones (excluding diaryl/α,β-unsaturated/α-hetero) is 1. The average Bonchev–Trinajstić information content (AvgIpc) is 3.39. The number of nitriles is 1. The minimum Gasteiger partial charge on any atom is -0.457 e. The van der Waals surface area contributed by atoms with E-state index in [9.17, 15) is 29.8 Å². The summed E-state index contributed by atoms with van der Waals surface area (Å²) in [6.07, 6.45) is 1.40. The Bertz CT molecular complexity index is 1370. The maximum absolute atomic E-state index is 12.7. The summed E-state index contributed by atoms with van der Waals surface area (Å²) in [5.41, 5.74) is 1.01. The number of nitrogens with zero attached hydrogens (tertiary/aromatic N) is 3. The summed E-state index contributed by atoms with van der Waals surface area (Å²) in [5, 5.41) is 19.4. The zero-order chi connectivity index (χ0) is 23.5. The van der Waals surface area contributed by atoms with Gasteiger partial charge in [0.2, 0.25) is 0 Å². The van der Waals surface area contributed by atoms with Crippen LogP contribution in [0.15, 0.2) is 70.0 Å². The number of thioether (sulfide) groups is 1. The van der Waals surface area contributed by atoms with E-state index in [2.05, 4.69) is 6.07 Å². The molecule has 0 spiro atoms. The number of carbonyl (C=O) groups excluding carboxylic acids is 3. The van der Waals surface area contributed by atoms with Crippen LogP contribution in [-0.2, 0) is 4.79 Å². The molecule has 0 aliphatic carbocycles. The highest BCUT2D eigenvalue weighted by molar-refractivity contribution is 8.18. The SMILES string of the molecule is N#Cc1ccccc1-c1ccc(/C=C2/SC(=O)N(CC(=O)c3ccc([N+](=O)[O-])cc3)C2=O)o1. The van der Waals surface area contributed by atoms with Gasteiger partial charge in [-0.25, -0.2) is 0 Å². The molecule has 0 unspecified atom stereocenters. The molecule has 1 saturated heterocycles. The van der Waals surface area contributed by atoms with Gasteiger partial charge in [0.1, 0.15) is 11.5 Å². The summed E-state index contributed by atoms with van der Waals surface area (Å²) in [5.74, 6) is -0.423. The van der Waals surface area contributed by atoms with Gasteiger partial charge in [0, 0.05) is 29.3 Å². The van der Waals surface area contributed by atoms with Gasteiger partial charge in [0.15, 0.2) is 5.78 Å². The van der Waals surface area contributed by atoms with Crippen molar-refractivity contribution in [2.24, 2.45) is 0 Å². The van der Waals surface area contributed by atoms with Crippen molar-refractivity contribution in [3.05, 3.63) is 92.6 Å². The van der Waals surface area contributed by atoms with Crippen LogP contribution >= 0.6 is 11.8 Å². The summed E-state index contributed by atoms with van der Waals surface area (Å²) < 4.78 is 5.73.